The van der Waals surface area contributed by atoms with E-state index >= 15 is 0 Å². The van der Waals surface area contributed by atoms with Crippen LogP contribution in [0.5, 0.6) is 11.5 Å². The van der Waals surface area contributed by atoms with Crippen LogP contribution in [0.25, 0.3) is 0 Å². The summed E-state index contributed by atoms with van der Waals surface area (Å²) in [6, 6.07) is 5.08. The van der Waals surface area contributed by atoms with Gasteiger partial charge < -0.3 is 15.1 Å². The average Bonchev–Trinajstić information content (AvgIpc) is 2.76. The van der Waals surface area contributed by atoms with Crippen molar-refractivity contribution in [3.63, 3.8) is 0 Å². The minimum atomic E-state index is -0.0386. The first-order chi connectivity index (χ1) is 7.75. The highest BCUT2D eigenvalue weighted by Crippen LogP contribution is 2.25. The van der Waals surface area contributed by atoms with Crippen molar-refractivity contribution < 1.29 is 10.2 Å². The Bertz CT molecular complexity index is 346. The minimum absolute atomic E-state index is 0.0151. The molecule has 1 fully saturated rings. The van der Waals surface area contributed by atoms with E-state index in [0.717, 1.165) is 24.9 Å². The van der Waals surface area contributed by atoms with E-state index in [2.05, 4.69) is 4.90 Å². The van der Waals surface area contributed by atoms with E-state index in [9.17, 15) is 10.2 Å². The maximum Gasteiger partial charge on any atom is 0.157 e. The standard InChI is InChI=1S/C13H19NO2/c15-12-6-5-11(10-13(12)16)4-3-9-14-7-1-2-8-14/h5-6,10,15-16H,1-4,7-9H2. The van der Waals surface area contributed by atoms with Crippen LogP contribution in [0, 0.1) is 0 Å². The Balaban J connectivity index is 1.78. The molecule has 16 heavy (non-hydrogen) atoms. The highest BCUT2D eigenvalue weighted by atomic mass is 16.3. The van der Waals surface area contributed by atoms with Gasteiger partial charge in [0.25, 0.3) is 0 Å². The van der Waals surface area contributed by atoms with Crippen molar-refractivity contribution in [2.24, 2.45) is 0 Å². The fourth-order valence-corrected chi connectivity index (χ4v) is 2.24. The Hall–Kier alpha value is -1.22. The van der Waals surface area contributed by atoms with Gasteiger partial charge in [-0.25, -0.2) is 0 Å². The van der Waals surface area contributed by atoms with E-state index in [-0.39, 0.29) is 11.5 Å². The molecule has 88 valence electrons. The lowest BCUT2D eigenvalue weighted by molar-refractivity contribution is 0.334. The second kappa shape index (κ2) is 5.21. The van der Waals surface area contributed by atoms with E-state index in [1.54, 1.807) is 12.1 Å². The molecule has 0 saturated carbocycles. The van der Waals surface area contributed by atoms with Crippen LogP contribution in [-0.2, 0) is 6.42 Å². The number of phenols is 2. The summed E-state index contributed by atoms with van der Waals surface area (Å²) in [5, 5.41) is 18.5. The highest BCUT2D eigenvalue weighted by Gasteiger charge is 2.10. The summed E-state index contributed by atoms with van der Waals surface area (Å²) in [5.41, 5.74) is 1.09. The monoisotopic (exact) mass is 221 g/mol. The summed E-state index contributed by atoms with van der Waals surface area (Å²) in [6.07, 6.45) is 4.74. The molecule has 1 aliphatic rings. The van der Waals surface area contributed by atoms with Crippen molar-refractivity contribution in [3.05, 3.63) is 23.8 Å². The first-order valence-electron chi connectivity index (χ1n) is 5.99. The molecule has 1 aromatic rings. The molecule has 1 saturated heterocycles. The van der Waals surface area contributed by atoms with E-state index in [0.29, 0.717) is 0 Å². The van der Waals surface area contributed by atoms with Crippen LogP contribution in [0.1, 0.15) is 24.8 Å². The molecule has 1 aliphatic heterocycles. The molecular formula is C13H19NO2. The third-order valence-corrected chi connectivity index (χ3v) is 3.18. The maximum atomic E-state index is 9.35. The van der Waals surface area contributed by atoms with Gasteiger partial charge in [-0.1, -0.05) is 6.07 Å². The molecule has 0 unspecified atom stereocenters. The van der Waals surface area contributed by atoms with Gasteiger partial charge in [-0.05, 0) is 63.0 Å². The van der Waals surface area contributed by atoms with Crippen LogP contribution < -0.4 is 0 Å². The van der Waals surface area contributed by atoms with Crippen molar-refractivity contribution in [1.82, 2.24) is 4.90 Å². The van der Waals surface area contributed by atoms with Gasteiger partial charge in [-0.3, -0.25) is 0 Å². The Morgan fingerprint density at radius 2 is 1.81 bits per heavy atom. The molecule has 3 nitrogen and oxygen atoms in total. The van der Waals surface area contributed by atoms with Crippen molar-refractivity contribution in [2.75, 3.05) is 19.6 Å². The summed E-state index contributed by atoms with van der Waals surface area (Å²) in [7, 11) is 0. The van der Waals surface area contributed by atoms with Crippen molar-refractivity contribution in [2.45, 2.75) is 25.7 Å². The van der Waals surface area contributed by atoms with Crippen LogP contribution in [0.3, 0.4) is 0 Å². The third kappa shape index (κ3) is 2.89. The molecule has 0 amide bonds. The molecule has 3 heteroatoms. The fraction of sp³-hybridized carbons (Fsp3) is 0.538. The third-order valence-electron chi connectivity index (χ3n) is 3.18. The second-order valence-electron chi connectivity index (χ2n) is 4.48. The van der Waals surface area contributed by atoms with Gasteiger partial charge in [0.15, 0.2) is 11.5 Å². The van der Waals surface area contributed by atoms with Crippen molar-refractivity contribution in [1.29, 1.82) is 0 Å². The van der Waals surface area contributed by atoms with Crippen LogP contribution in [-0.4, -0.2) is 34.7 Å². The number of benzene rings is 1. The fourth-order valence-electron chi connectivity index (χ4n) is 2.24. The molecule has 0 radical (unpaired) electrons. The second-order valence-corrected chi connectivity index (χ2v) is 4.48. The zero-order chi connectivity index (χ0) is 11.4. The van der Waals surface area contributed by atoms with Crippen LogP contribution in [0.4, 0.5) is 0 Å². The number of likely N-dealkylation sites (tertiary alicyclic amines) is 1. The molecule has 0 aromatic heterocycles. The summed E-state index contributed by atoms with van der Waals surface area (Å²) < 4.78 is 0. The topological polar surface area (TPSA) is 43.7 Å². The lowest BCUT2D eigenvalue weighted by Crippen LogP contribution is -2.20. The summed E-state index contributed by atoms with van der Waals surface area (Å²) >= 11 is 0. The molecule has 0 aliphatic carbocycles. The zero-order valence-electron chi connectivity index (χ0n) is 9.52. The van der Waals surface area contributed by atoms with E-state index in [1.165, 1.54) is 25.9 Å². The van der Waals surface area contributed by atoms with Crippen LogP contribution >= 0.6 is 0 Å². The molecule has 0 bridgehead atoms. The van der Waals surface area contributed by atoms with Crippen LogP contribution in [0.15, 0.2) is 18.2 Å². The van der Waals surface area contributed by atoms with Gasteiger partial charge in [0.1, 0.15) is 0 Å². The first kappa shape index (κ1) is 11.3. The van der Waals surface area contributed by atoms with Gasteiger partial charge in [0, 0.05) is 0 Å². The normalized spacial score (nSPS) is 16.8. The molecule has 0 spiro atoms. The van der Waals surface area contributed by atoms with Gasteiger partial charge in [0.05, 0.1) is 0 Å². The first-order valence-corrected chi connectivity index (χ1v) is 5.99. The predicted molar refractivity (Wildman–Crippen MR) is 63.8 cm³/mol. The highest BCUT2D eigenvalue weighted by molar-refractivity contribution is 5.40. The number of hydrogen-bond donors (Lipinski definition) is 2. The molecule has 2 N–H and O–H groups in total. The van der Waals surface area contributed by atoms with E-state index in [4.69, 9.17) is 0 Å². The Morgan fingerprint density at radius 3 is 2.50 bits per heavy atom. The van der Waals surface area contributed by atoms with Crippen molar-refractivity contribution >= 4 is 0 Å². The molecular weight excluding hydrogens is 202 g/mol. The van der Waals surface area contributed by atoms with E-state index in [1.807, 2.05) is 6.07 Å². The predicted octanol–water partition coefficient (Wildman–Crippen LogP) is 2.13. The smallest absolute Gasteiger partial charge is 0.157 e. The van der Waals surface area contributed by atoms with Crippen LogP contribution in [0.2, 0.25) is 0 Å². The quantitative estimate of drug-likeness (QED) is 0.765. The SMILES string of the molecule is Oc1ccc(CCCN2CCCC2)cc1O. The Kier molecular flexibility index (Phi) is 3.67. The maximum absolute atomic E-state index is 9.35. The number of aryl methyl sites for hydroxylation is 1. The van der Waals surface area contributed by atoms with Gasteiger partial charge in [-0.2, -0.15) is 0 Å². The molecule has 1 heterocycles. The van der Waals surface area contributed by atoms with Gasteiger partial charge in [-0.15, -0.1) is 0 Å². The lowest BCUT2D eigenvalue weighted by Gasteiger charge is -2.13. The van der Waals surface area contributed by atoms with Crippen molar-refractivity contribution in [3.8, 4) is 11.5 Å². The summed E-state index contributed by atoms with van der Waals surface area (Å²) in [6.45, 7) is 3.61. The number of aromatic hydroxyl groups is 2. The molecule has 0 atom stereocenters. The summed E-state index contributed by atoms with van der Waals surface area (Å²) in [4.78, 5) is 2.49. The van der Waals surface area contributed by atoms with Gasteiger partial charge >= 0.3 is 0 Å². The summed E-state index contributed by atoms with van der Waals surface area (Å²) in [5.74, 6) is -0.0537. The zero-order valence-corrected chi connectivity index (χ0v) is 9.52. The Morgan fingerprint density at radius 1 is 1.06 bits per heavy atom. The number of phenolic OH excluding ortho intramolecular Hbond substituents is 2. The van der Waals surface area contributed by atoms with E-state index < -0.39 is 0 Å². The van der Waals surface area contributed by atoms with Gasteiger partial charge in [0.2, 0.25) is 0 Å². The number of nitrogens with zero attached hydrogens (tertiary/aromatic N) is 1. The molecule has 2 rings (SSSR count). The number of hydrogen-bond acceptors (Lipinski definition) is 3. The molecule has 1 aromatic carbocycles. The largest absolute Gasteiger partial charge is 0.504 e. The lowest BCUT2D eigenvalue weighted by atomic mass is 10.1. The minimum Gasteiger partial charge on any atom is -0.504 e. The number of rotatable bonds is 4. The Labute approximate surface area is 96.3 Å². The average molecular weight is 221 g/mol.